The van der Waals surface area contributed by atoms with Gasteiger partial charge in [-0.3, -0.25) is 14.5 Å². The van der Waals surface area contributed by atoms with E-state index in [1.807, 2.05) is 37.3 Å². The minimum absolute atomic E-state index is 0.0158. The first-order valence-electron chi connectivity index (χ1n) is 11.7. The number of carbonyl (C=O) groups excluding carboxylic acids is 2. The van der Waals surface area contributed by atoms with Crippen LogP contribution in [0.3, 0.4) is 0 Å². The van der Waals surface area contributed by atoms with Crippen LogP contribution in [0.5, 0.6) is 0 Å². The average Bonchev–Trinajstić information content (AvgIpc) is 3.55. The molecule has 0 spiro atoms. The number of ketones is 1. The lowest BCUT2D eigenvalue weighted by molar-refractivity contribution is -0.140. The van der Waals surface area contributed by atoms with Crippen molar-refractivity contribution >= 4 is 17.4 Å². The number of amides is 1. The molecule has 5 rings (SSSR count). The fourth-order valence-corrected chi connectivity index (χ4v) is 4.70. The predicted molar refractivity (Wildman–Crippen MR) is 128 cm³/mol. The van der Waals surface area contributed by atoms with Gasteiger partial charge < -0.3 is 19.2 Å². The van der Waals surface area contributed by atoms with E-state index >= 15 is 0 Å². The van der Waals surface area contributed by atoms with E-state index in [-0.39, 0.29) is 11.3 Å². The topological polar surface area (TPSA) is 101 Å². The molecule has 9 heteroatoms. The van der Waals surface area contributed by atoms with Gasteiger partial charge in [0.25, 0.3) is 11.7 Å². The molecule has 2 fully saturated rings. The Balaban J connectivity index is 1.54. The first kappa shape index (κ1) is 23.1. The summed E-state index contributed by atoms with van der Waals surface area (Å²) in [6.07, 6.45) is 1.52. The van der Waals surface area contributed by atoms with E-state index in [2.05, 4.69) is 10.00 Å². The number of morpholine rings is 1. The lowest BCUT2D eigenvalue weighted by Crippen LogP contribution is -2.42. The molecule has 0 radical (unpaired) electrons. The molecule has 2 aliphatic heterocycles. The fourth-order valence-electron chi connectivity index (χ4n) is 4.70. The molecule has 2 saturated heterocycles. The van der Waals surface area contributed by atoms with E-state index in [1.54, 1.807) is 23.7 Å². The SMILES string of the molecule is Cc1ccc([C@H]2C(=C(O)c3cnn(-c4ccccc4)c3C)C(=O)C(=O)N2CCN2CCOCC2)o1. The van der Waals surface area contributed by atoms with E-state index in [0.717, 1.165) is 18.8 Å². The van der Waals surface area contributed by atoms with Crippen LogP contribution in [0.4, 0.5) is 0 Å². The van der Waals surface area contributed by atoms with Gasteiger partial charge in [-0.1, -0.05) is 18.2 Å². The van der Waals surface area contributed by atoms with Crippen molar-refractivity contribution in [1.29, 1.82) is 0 Å². The van der Waals surface area contributed by atoms with Crippen LogP contribution in [-0.4, -0.2) is 75.8 Å². The van der Waals surface area contributed by atoms with E-state index in [9.17, 15) is 14.7 Å². The first-order chi connectivity index (χ1) is 17.0. The third-order valence-electron chi connectivity index (χ3n) is 6.60. The second-order valence-corrected chi connectivity index (χ2v) is 8.79. The maximum Gasteiger partial charge on any atom is 0.295 e. The quantitative estimate of drug-likeness (QED) is 0.332. The molecule has 1 aromatic carbocycles. The molecular formula is C26H28N4O5. The van der Waals surface area contributed by atoms with E-state index in [4.69, 9.17) is 9.15 Å². The van der Waals surface area contributed by atoms with Gasteiger partial charge in [0.05, 0.1) is 41.9 Å². The molecule has 1 amide bonds. The number of ether oxygens (including phenoxy) is 1. The summed E-state index contributed by atoms with van der Waals surface area (Å²) in [5, 5.41) is 15.8. The Labute approximate surface area is 203 Å². The highest BCUT2D eigenvalue weighted by Crippen LogP contribution is 2.40. The Morgan fingerprint density at radius 3 is 2.49 bits per heavy atom. The zero-order chi connectivity index (χ0) is 24.5. The van der Waals surface area contributed by atoms with Crippen LogP contribution in [0, 0.1) is 13.8 Å². The Morgan fingerprint density at radius 1 is 1.06 bits per heavy atom. The highest BCUT2D eigenvalue weighted by atomic mass is 16.5. The van der Waals surface area contributed by atoms with Crippen molar-refractivity contribution < 1.29 is 23.8 Å². The smallest absolute Gasteiger partial charge is 0.295 e. The van der Waals surface area contributed by atoms with Gasteiger partial charge in [0.2, 0.25) is 0 Å². The van der Waals surface area contributed by atoms with Crippen molar-refractivity contribution in [3.63, 3.8) is 0 Å². The monoisotopic (exact) mass is 476 g/mol. The normalized spacial score (nSPS) is 20.6. The van der Waals surface area contributed by atoms with E-state index in [0.29, 0.717) is 49.1 Å². The van der Waals surface area contributed by atoms with Crippen molar-refractivity contribution in [2.45, 2.75) is 19.9 Å². The molecule has 2 aromatic heterocycles. The third-order valence-corrected chi connectivity index (χ3v) is 6.60. The summed E-state index contributed by atoms with van der Waals surface area (Å²) in [7, 11) is 0. The predicted octanol–water partition coefficient (Wildman–Crippen LogP) is 2.84. The summed E-state index contributed by atoms with van der Waals surface area (Å²) in [6.45, 7) is 7.37. The molecule has 0 aliphatic carbocycles. The highest BCUT2D eigenvalue weighted by Gasteiger charge is 2.47. The number of hydrogen-bond donors (Lipinski definition) is 1. The molecule has 9 nitrogen and oxygen atoms in total. The van der Waals surface area contributed by atoms with Crippen LogP contribution in [0.15, 0.2) is 58.7 Å². The zero-order valence-electron chi connectivity index (χ0n) is 19.8. The minimum Gasteiger partial charge on any atom is -0.507 e. The van der Waals surface area contributed by atoms with Crippen molar-refractivity contribution in [3.05, 3.63) is 77.0 Å². The highest BCUT2D eigenvalue weighted by molar-refractivity contribution is 6.46. The second kappa shape index (κ2) is 9.52. The molecule has 0 unspecified atom stereocenters. The molecule has 0 saturated carbocycles. The largest absolute Gasteiger partial charge is 0.507 e. The van der Waals surface area contributed by atoms with Crippen molar-refractivity contribution in [2.75, 3.05) is 39.4 Å². The summed E-state index contributed by atoms with van der Waals surface area (Å²) in [5.74, 6) is -0.525. The minimum atomic E-state index is -0.816. The Kier molecular flexibility index (Phi) is 6.27. The first-order valence-corrected chi connectivity index (χ1v) is 11.7. The lowest BCUT2D eigenvalue weighted by atomic mass is 9.99. The molecule has 1 N–H and O–H groups in total. The number of likely N-dealkylation sites (tertiary alicyclic amines) is 1. The van der Waals surface area contributed by atoms with Crippen LogP contribution in [0.2, 0.25) is 0 Å². The Hall–Kier alpha value is -3.69. The van der Waals surface area contributed by atoms with Gasteiger partial charge in [-0.15, -0.1) is 0 Å². The number of aromatic nitrogens is 2. The summed E-state index contributed by atoms with van der Waals surface area (Å²) < 4.78 is 13.0. The van der Waals surface area contributed by atoms with Crippen LogP contribution in [0.1, 0.15) is 28.8 Å². The van der Waals surface area contributed by atoms with Gasteiger partial charge in [-0.05, 0) is 38.1 Å². The fraction of sp³-hybridized carbons (Fsp3) is 0.346. The summed E-state index contributed by atoms with van der Waals surface area (Å²) in [6, 6.07) is 12.2. The van der Waals surface area contributed by atoms with E-state index in [1.165, 1.54) is 11.1 Å². The van der Waals surface area contributed by atoms with Crippen LogP contribution < -0.4 is 0 Å². The number of aliphatic hydroxyl groups is 1. The number of hydrogen-bond acceptors (Lipinski definition) is 7. The second-order valence-electron chi connectivity index (χ2n) is 8.79. The number of benzene rings is 1. The standard InChI is InChI=1S/C26H28N4O5/c1-17-8-9-21(35-17)23-22(25(32)26(33)29(23)11-10-28-12-14-34-15-13-28)24(31)20-16-27-30(18(20)2)19-6-4-3-5-7-19/h3-9,16,23,31H,10-15H2,1-2H3/t23-/m0/s1. The van der Waals surface area contributed by atoms with Crippen molar-refractivity contribution in [2.24, 2.45) is 0 Å². The molecular weight excluding hydrogens is 448 g/mol. The van der Waals surface area contributed by atoms with Gasteiger partial charge in [0.1, 0.15) is 23.3 Å². The number of furan rings is 1. The molecule has 4 heterocycles. The van der Waals surface area contributed by atoms with Gasteiger partial charge in [0, 0.05) is 26.2 Å². The molecule has 3 aromatic rings. The lowest BCUT2D eigenvalue weighted by Gasteiger charge is -2.30. The molecule has 1 atom stereocenters. The Bertz CT molecular complexity index is 1270. The maximum atomic E-state index is 13.2. The van der Waals surface area contributed by atoms with Crippen LogP contribution >= 0.6 is 0 Å². The molecule has 0 bridgehead atoms. The van der Waals surface area contributed by atoms with Crippen LogP contribution in [0.25, 0.3) is 11.4 Å². The summed E-state index contributed by atoms with van der Waals surface area (Å²) >= 11 is 0. The summed E-state index contributed by atoms with van der Waals surface area (Å²) in [5.41, 5.74) is 1.89. The zero-order valence-corrected chi connectivity index (χ0v) is 19.8. The molecule has 182 valence electrons. The van der Waals surface area contributed by atoms with Crippen molar-refractivity contribution in [3.8, 4) is 5.69 Å². The van der Waals surface area contributed by atoms with Gasteiger partial charge in [-0.25, -0.2) is 4.68 Å². The van der Waals surface area contributed by atoms with Gasteiger partial charge in [0.15, 0.2) is 0 Å². The number of nitrogens with zero attached hydrogens (tertiary/aromatic N) is 4. The number of rotatable bonds is 6. The number of para-hydroxylation sites is 1. The third kappa shape index (κ3) is 4.28. The number of Topliss-reactive ketones (excluding diaryl/α,β-unsaturated/α-hetero) is 1. The molecule has 2 aliphatic rings. The Morgan fingerprint density at radius 2 is 1.80 bits per heavy atom. The average molecular weight is 477 g/mol. The number of carbonyl (C=O) groups is 2. The van der Waals surface area contributed by atoms with Gasteiger partial charge >= 0.3 is 0 Å². The van der Waals surface area contributed by atoms with Crippen molar-refractivity contribution in [1.82, 2.24) is 19.6 Å². The van der Waals surface area contributed by atoms with Crippen LogP contribution in [-0.2, 0) is 14.3 Å². The molecule has 35 heavy (non-hydrogen) atoms. The summed E-state index contributed by atoms with van der Waals surface area (Å²) in [4.78, 5) is 30.1. The number of aryl methyl sites for hydroxylation is 1. The van der Waals surface area contributed by atoms with E-state index < -0.39 is 17.7 Å². The van der Waals surface area contributed by atoms with Gasteiger partial charge in [-0.2, -0.15) is 5.10 Å². The number of aliphatic hydroxyl groups excluding tert-OH is 1. The maximum absolute atomic E-state index is 13.2.